The van der Waals surface area contributed by atoms with Crippen LogP contribution in [0.5, 0.6) is 0 Å². The summed E-state index contributed by atoms with van der Waals surface area (Å²) in [7, 11) is 0. The van der Waals surface area contributed by atoms with Crippen molar-refractivity contribution < 1.29 is 5.11 Å². The molecule has 0 saturated heterocycles. The van der Waals surface area contributed by atoms with Gasteiger partial charge in [-0.1, -0.05) is 0 Å². The smallest absolute Gasteiger partial charge is 0.210 e. The Morgan fingerprint density at radius 3 is 2.00 bits per heavy atom. The van der Waals surface area contributed by atoms with Gasteiger partial charge >= 0.3 is 0 Å². The van der Waals surface area contributed by atoms with Gasteiger partial charge < -0.3 is 15.7 Å². The van der Waals surface area contributed by atoms with Crippen molar-refractivity contribution in [3.05, 3.63) is 12.4 Å². The lowest BCUT2D eigenvalue weighted by atomic mass is 10.5. The van der Waals surface area contributed by atoms with Crippen LogP contribution < -0.4 is 10.6 Å². The lowest BCUT2D eigenvalue weighted by Crippen LogP contribution is -2.45. The number of aliphatic hydroxyl groups is 1. The summed E-state index contributed by atoms with van der Waals surface area (Å²) in [6.07, 6.45) is 3.31. The lowest BCUT2D eigenvalue weighted by Gasteiger charge is -2.16. The molecule has 0 aliphatic carbocycles. The van der Waals surface area contributed by atoms with E-state index >= 15 is 0 Å². The molecule has 0 fully saturated rings. The Kier molecular flexibility index (Phi) is 0.722. The van der Waals surface area contributed by atoms with Gasteiger partial charge in [-0.3, -0.25) is 0 Å². The van der Waals surface area contributed by atoms with Crippen LogP contribution >= 0.6 is 0 Å². The Labute approximate surface area is 42.0 Å². The molecule has 3 N–H and O–H groups in total. The third-order valence-corrected chi connectivity index (χ3v) is 0.812. The summed E-state index contributed by atoms with van der Waals surface area (Å²) >= 11 is 0. The number of nitrogens with one attached hydrogen (secondary N) is 2. The fraction of sp³-hybridized carbons (Fsp3) is 0.500. The fourth-order valence-electron chi connectivity index (χ4n) is 0.450. The van der Waals surface area contributed by atoms with Crippen LogP contribution in [0.2, 0.25) is 0 Å². The normalized spacial score (nSPS) is 23.7. The second kappa shape index (κ2) is 1.13. The van der Waals surface area contributed by atoms with Crippen molar-refractivity contribution in [1.29, 1.82) is 0 Å². The molecule has 0 spiro atoms. The standard InChI is InChI=1S/C4H8N2O/c1-4(7)5-2-3-6-4/h2-3,5-7H,1H3. The predicted molar refractivity (Wildman–Crippen MR) is 26.0 cm³/mol. The van der Waals surface area contributed by atoms with Gasteiger partial charge in [-0.05, 0) is 0 Å². The molecule has 1 heterocycles. The molecule has 3 nitrogen and oxygen atoms in total. The maximum Gasteiger partial charge on any atom is 0.210 e. The van der Waals surface area contributed by atoms with E-state index in [1.54, 1.807) is 19.3 Å². The third-order valence-electron chi connectivity index (χ3n) is 0.812. The van der Waals surface area contributed by atoms with E-state index in [-0.39, 0.29) is 0 Å². The molecule has 0 bridgehead atoms. The largest absolute Gasteiger partial charge is 0.354 e. The van der Waals surface area contributed by atoms with Crippen molar-refractivity contribution in [2.45, 2.75) is 12.8 Å². The highest BCUT2D eigenvalue weighted by atomic mass is 16.3. The van der Waals surface area contributed by atoms with Crippen molar-refractivity contribution in [2.24, 2.45) is 0 Å². The minimum absolute atomic E-state index is 0.917. The Bertz CT molecular complexity index is 87.9. The van der Waals surface area contributed by atoms with E-state index < -0.39 is 5.85 Å². The topological polar surface area (TPSA) is 44.3 Å². The lowest BCUT2D eigenvalue weighted by molar-refractivity contribution is 0.0273. The quantitative estimate of drug-likeness (QED) is 0.378. The molecule has 0 unspecified atom stereocenters. The molecule has 1 aliphatic heterocycles. The van der Waals surface area contributed by atoms with Crippen LogP contribution in [0.25, 0.3) is 0 Å². The first-order valence-corrected chi connectivity index (χ1v) is 2.13. The van der Waals surface area contributed by atoms with Crippen molar-refractivity contribution in [3.63, 3.8) is 0 Å². The van der Waals surface area contributed by atoms with E-state index in [2.05, 4.69) is 10.6 Å². The summed E-state index contributed by atoms with van der Waals surface area (Å²) in [5, 5.41) is 14.2. The minimum Gasteiger partial charge on any atom is -0.354 e. The summed E-state index contributed by atoms with van der Waals surface area (Å²) in [5.41, 5.74) is 0. The molecular weight excluding hydrogens is 92.1 g/mol. The van der Waals surface area contributed by atoms with E-state index in [9.17, 15) is 0 Å². The molecule has 0 radical (unpaired) electrons. The number of rotatable bonds is 0. The van der Waals surface area contributed by atoms with E-state index in [0.717, 1.165) is 0 Å². The van der Waals surface area contributed by atoms with Gasteiger partial charge in [0.05, 0.1) is 0 Å². The zero-order chi connectivity index (χ0) is 5.33. The fourth-order valence-corrected chi connectivity index (χ4v) is 0.450. The molecule has 0 aromatic heterocycles. The van der Waals surface area contributed by atoms with Crippen LogP contribution in [0, 0.1) is 0 Å². The van der Waals surface area contributed by atoms with Gasteiger partial charge in [0.2, 0.25) is 5.85 Å². The van der Waals surface area contributed by atoms with Gasteiger partial charge in [-0.15, -0.1) is 0 Å². The average molecular weight is 100 g/mol. The first kappa shape index (κ1) is 4.46. The Hall–Kier alpha value is -0.700. The average Bonchev–Trinajstić information content (AvgIpc) is 1.84. The summed E-state index contributed by atoms with van der Waals surface area (Å²) in [4.78, 5) is 0. The molecule has 0 amide bonds. The van der Waals surface area contributed by atoms with Gasteiger partial charge in [-0.2, -0.15) is 0 Å². The molecule has 3 heteroatoms. The monoisotopic (exact) mass is 100 g/mol. The predicted octanol–water partition coefficient (Wildman–Crippen LogP) is -0.684. The maximum absolute atomic E-state index is 8.91. The SMILES string of the molecule is CC1(O)NC=CN1. The van der Waals surface area contributed by atoms with Gasteiger partial charge in [0.1, 0.15) is 0 Å². The van der Waals surface area contributed by atoms with Crippen LogP contribution in [0.3, 0.4) is 0 Å². The van der Waals surface area contributed by atoms with E-state index in [0.29, 0.717) is 0 Å². The van der Waals surface area contributed by atoms with Crippen molar-refractivity contribution in [3.8, 4) is 0 Å². The van der Waals surface area contributed by atoms with E-state index in [4.69, 9.17) is 5.11 Å². The number of hydrogen-bond acceptors (Lipinski definition) is 3. The highest BCUT2D eigenvalue weighted by Crippen LogP contribution is 1.95. The molecule has 1 aliphatic rings. The molecular formula is C4H8N2O. The molecule has 7 heavy (non-hydrogen) atoms. The summed E-state index contributed by atoms with van der Waals surface area (Å²) in [5.74, 6) is -0.917. The van der Waals surface area contributed by atoms with Gasteiger partial charge in [-0.25, -0.2) is 0 Å². The summed E-state index contributed by atoms with van der Waals surface area (Å²) in [6, 6.07) is 0. The van der Waals surface area contributed by atoms with Gasteiger partial charge in [0.25, 0.3) is 0 Å². The van der Waals surface area contributed by atoms with Crippen molar-refractivity contribution in [2.75, 3.05) is 0 Å². The zero-order valence-corrected chi connectivity index (χ0v) is 4.10. The highest BCUT2D eigenvalue weighted by molar-refractivity contribution is 4.92. The molecule has 40 valence electrons. The Morgan fingerprint density at radius 2 is 1.86 bits per heavy atom. The second-order valence-electron chi connectivity index (χ2n) is 1.69. The van der Waals surface area contributed by atoms with Gasteiger partial charge in [0.15, 0.2) is 0 Å². The minimum atomic E-state index is -0.917. The zero-order valence-electron chi connectivity index (χ0n) is 4.10. The van der Waals surface area contributed by atoms with Crippen LogP contribution in [0.4, 0.5) is 0 Å². The molecule has 1 rings (SSSR count). The molecule has 0 aromatic carbocycles. The third kappa shape index (κ3) is 0.838. The van der Waals surface area contributed by atoms with Crippen molar-refractivity contribution >= 4 is 0 Å². The van der Waals surface area contributed by atoms with Crippen molar-refractivity contribution in [1.82, 2.24) is 10.6 Å². The highest BCUT2D eigenvalue weighted by Gasteiger charge is 2.17. The molecule has 0 atom stereocenters. The Morgan fingerprint density at radius 1 is 1.43 bits per heavy atom. The maximum atomic E-state index is 8.91. The number of hydrogen-bond donors (Lipinski definition) is 3. The summed E-state index contributed by atoms with van der Waals surface area (Å²) in [6.45, 7) is 1.63. The van der Waals surface area contributed by atoms with Crippen LogP contribution in [0.1, 0.15) is 6.92 Å². The van der Waals surface area contributed by atoms with Gasteiger partial charge in [0, 0.05) is 19.3 Å². The first-order valence-electron chi connectivity index (χ1n) is 2.13. The van der Waals surface area contributed by atoms with E-state index in [1.807, 2.05) is 0 Å². The molecule has 0 aromatic rings. The van der Waals surface area contributed by atoms with Crippen LogP contribution in [-0.4, -0.2) is 11.0 Å². The Balaban J connectivity index is 2.49. The first-order chi connectivity index (χ1) is 3.21. The summed E-state index contributed by atoms with van der Waals surface area (Å²) < 4.78 is 0. The second-order valence-corrected chi connectivity index (χ2v) is 1.69. The van der Waals surface area contributed by atoms with Crippen LogP contribution in [0.15, 0.2) is 12.4 Å². The van der Waals surface area contributed by atoms with E-state index in [1.165, 1.54) is 0 Å². The van der Waals surface area contributed by atoms with Crippen LogP contribution in [-0.2, 0) is 0 Å². The molecule has 0 saturated carbocycles.